The van der Waals surface area contributed by atoms with Crippen molar-refractivity contribution in [1.82, 2.24) is 14.8 Å². The van der Waals surface area contributed by atoms with E-state index < -0.39 is 5.91 Å². The molecule has 0 saturated heterocycles. The van der Waals surface area contributed by atoms with Crippen LogP contribution in [0.25, 0.3) is 22.5 Å². The van der Waals surface area contributed by atoms with Crippen molar-refractivity contribution in [3.05, 3.63) is 66.1 Å². The Kier molecular flexibility index (Phi) is 5.05. The Hall–Kier alpha value is -3.94. The standard InChI is InChI=1S/C22H21N5O3/c1-13(2)21-25-26-22(30-21)18-11-15-5-3-4-6-17(15)27(18)12-19(28)24-16-9-7-14(8-10-16)20(23)29/h3-11,13H,12H2,1-2H3,(H2,23,29)(H,24,28). The SMILES string of the molecule is CC(C)c1nnc(-c2cc3ccccc3n2CC(=O)Nc2ccc(C(N)=O)cc2)o1. The van der Waals surface area contributed by atoms with Gasteiger partial charge < -0.3 is 20.0 Å². The molecule has 0 unspecified atom stereocenters. The quantitative estimate of drug-likeness (QED) is 0.511. The van der Waals surface area contributed by atoms with Crippen LogP contribution in [0.3, 0.4) is 0 Å². The molecular formula is C22H21N5O3. The average Bonchev–Trinajstić information content (AvgIpc) is 3.34. The maximum Gasteiger partial charge on any atom is 0.264 e. The van der Waals surface area contributed by atoms with Crippen molar-refractivity contribution >= 4 is 28.4 Å². The lowest BCUT2D eigenvalue weighted by atomic mass is 10.2. The highest BCUT2D eigenvalue weighted by Gasteiger charge is 2.19. The fourth-order valence-corrected chi connectivity index (χ4v) is 3.19. The number of carbonyl (C=O) groups excluding carboxylic acids is 2. The largest absolute Gasteiger partial charge is 0.419 e. The van der Waals surface area contributed by atoms with Crippen molar-refractivity contribution in [2.45, 2.75) is 26.3 Å². The number of amides is 2. The second kappa shape index (κ2) is 7.82. The molecule has 0 aliphatic rings. The average molecular weight is 403 g/mol. The number of benzene rings is 2. The summed E-state index contributed by atoms with van der Waals surface area (Å²) in [5, 5.41) is 12.1. The number of nitrogens with zero attached hydrogens (tertiary/aromatic N) is 3. The van der Waals surface area contributed by atoms with Gasteiger partial charge in [0.15, 0.2) is 0 Å². The van der Waals surface area contributed by atoms with Crippen LogP contribution in [0, 0.1) is 0 Å². The fourth-order valence-electron chi connectivity index (χ4n) is 3.19. The number of carbonyl (C=O) groups is 2. The van der Waals surface area contributed by atoms with Crippen LogP contribution in [0.15, 0.2) is 59.0 Å². The van der Waals surface area contributed by atoms with Crippen LogP contribution in [0.5, 0.6) is 0 Å². The molecular weight excluding hydrogens is 382 g/mol. The van der Waals surface area contributed by atoms with E-state index in [-0.39, 0.29) is 18.4 Å². The number of rotatable bonds is 6. The van der Waals surface area contributed by atoms with E-state index in [1.165, 1.54) is 0 Å². The summed E-state index contributed by atoms with van der Waals surface area (Å²) in [6.07, 6.45) is 0. The van der Waals surface area contributed by atoms with Crippen molar-refractivity contribution in [3.63, 3.8) is 0 Å². The summed E-state index contributed by atoms with van der Waals surface area (Å²) in [5.74, 6) is 0.273. The van der Waals surface area contributed by atoms with Gasteiger partial charge in [-0.2, -0.15) is 0 Å². The lowest BCUT2D eigenvalue weighted by Gasteiger charge is -2.10. The van der Waals surface area contributed by atoms with Gasteiger partial charge in [-0.3, -0.25) is 9.59 Å². The number of hydrogen-bond donors (Lipinski definition) is 2. The molecule has 2 amide bonds. The fraction of sp³-hybridized carbons (Fsp3) is 0.182. The third-order valence-corrected chi connectivity index (χ3v) is 4.72. The van der Waals surface area contributed by atoms with Gasteiger partial charge >= 0.3 is 0 Å². The molecule has 0 bridgehead atoms. The Morgan fingerprint density at radius 2 is 1.83 bits per heavy atom. The predicted octanol–water partition coefficient (Wildman–Crippen LogP) is 3.55. The van der Waals surface area contributed by atoms with Gasteiger partial charge in [0.05, 0.1) is 0 Å². The van der Waals surface area contributed by atoms with E-state index in [2.05, 4.69) is 15.5 Å². The molecule has 4 rings (SSSR count). The second-order valence-corrected chi connectivity index (χ2v) is 7.26. The van der Waals surface area contributed by atoms with Gasteiger partial charge in [-0.1, -0.05) is 32.0 Å². The van der Waals surface area contributed by atoms with Gasteiger partial charge in [0.25, 0.3) is 5.89 Å². The number of nitrogens with two attached hydrogens (primary N) is 1. The summed E-state index contributed by atoms with van der Waals surface area (Å²) < 4.78 is 7.67. The van der Waals surface area contributed by atoms with Crippen LogP contribution in [0.1, 0.15) is 36.0 Å². The second-order valence-electron chi connectivity index (χ2n) is 7.26. The summed E-state index contributed by atoms with van der Waals surface area (Å²) in [6, 6.07) is 16.1. The van der Waals surface area contributed by atoms with Gasteiger partial charge in [0.2, 0.25) is 17.7 Å². The summed E-state index contributed by atoms with van der Waals surface area (Å²) in [4.78, 5) is 23.9. The first-order valence-corrected chi connectivity index (χ1v) is 9.54. The van der Waals surface area contributed by atoms with Crippen LogP contribution in [-0.4, -0.2) is 26.6 Å². The third kappa shape index (κ3) is 3.80. The maximum atomic E-state index is 12.7. The molecule has 2 aromatic heterocycles. The summed E-state index contributed by atoms with van der Waals surface area (Å²) >= 11 is 0. The molecule has 0 aliphatic heterocycles. The van der Waals surface area contributed by atoms with Gasteiger partial charge in [-0.15, -0.1) is 10.2 Å². The third-order valence-electron chi connectivity index (χ3n) is 4.72. The van der Waals surface area contributed by atoms with E-state index in [1.54, 1.807) is 24.3 Å². The van der Waals surface area contributed by atoms with E-state index in [0.29, 0.717) is 28.7 Å². The van der Waals surface area contributed by atoms with E-state index in [1.807, 2.05) is 48.7 Å². The molecule has 2 aromatic carbocycles. The molecule has 2 heterocycles. The normalized spacial score (nSPS) is 11.2. The van der Waals surface area contributed by atoms with Crippen LogP contribution in [0.2, 0.25) is 0 Å². The van der Waals surface area contributed by atoms with Crippen molar-refractivity contribution in [2.75, 3.05) is 5.32 Å². The monoisotopic (exact) mass is 403 g/mol. The minimum atomic E-state index is -0.517. The van der Waals surface area contributed by atoms with Crippen LogP contribution < -0.4 is 11.1 Å². The number of hydrogen-bond acceptors (Lipinski definition) is 5. The predicted molar refractivity (Wildman–Crippen MR) is 113 cm³/mol. The first-order valence-electron chi connectivity index (χ1n) is 9.54. The molecule has 152 valence electrons. The molecule has 0 atom stereocenters. The molecule has 0 fully saturated rings. The van der Waals surface area contributed by atoms with E-state index in [9.17, 15) is 9.59 Å². The zero-order valence-electron chi connectivity index (χ0n) is 16.6. The number of primary amides is 1. The lowest BCUT2D eigenvalue weighted by Crippen LogP contribution is -2.19. The van der Waals surface area contributed by atoms with Crippen molar-refractivity contribution in [2.24, 2.45) is 5.73 Å². The number of fused-ring (bicyclic) bond motifs is 1. The first-order chi connectivity index (χ1) is 14.4. The highest BCUT2D eigenvalue weighted by molar-refractivity contribution is 5.95. The van der Waals surface area contributed by atoms with Crippen LogP contribution >= 0.6 is 0 Å². The molecule has 8 heteroatoms. The van der Waals surface area contributed by atoms with Gasteiger partial charge in [-0.25, -0.2) is 0 Å². The van der Waals surface area contributed by atoms with Gasteiger partial charge in [0.1, 0.15) is 12.2 Å². The minimum Gasteiger partial charge on any atom is -0.419 e. The Morgan fingerprint density at radius 1 is 1.10 bits per heavy atom. The van der Waals surface area contributed by atoms with Crippen molar-refractivity contribution < 1.29 is 14.0 Å². The Bertz CT molecular complexity index is 1220. The molecule has 30 heavy (non-hydrogen) atoms. The zero-order chi connectivity index (χ0) is 21.3. The maximum absolute atomic E-state index is 12.7. The Morgan fingerprint density at radius 3 is 2.50 bits per heavy atom. The highest BCUT2D eigenvalue weighted by atomic mass is 16.4. The van der Waals surface area contributed by atoms with Crippen molar-refractivity contribution in [3.8, 4) is 11.6 Å². The minimum absolute atomic E-state index is 0.0554. The molecule has 0 radical (unpaired) electrons. The molecule has 3 N–H and O–H groups in total. The molecule has 0 aliphatic carbocycles. The Balaban J connectivity index is 1.64. The topological polar surface area (TPSA) is 116 Å². The zero-order valence-corrected chi connectivity index (χ0v) is 16.6. The highest BCUT2D eigenvalue weighted by Crippen LogP contribution is 2.28. The van der Waals surface area contributed by atoms with E-state index in [4.69, 9.17) is 10.2 Å². The van der Waals surface area contributed by atoms with Crippen LogP contribution in [-0.2, 0) is 11.3 Å². The molecule has 0 spiro atoms. The summed E-state index contributed by atoms with van der Waals surface area (Å²) in [5.41, 5.74) is 7.76. The van der Waals surface area contributed by atoms with Crippen LogP contribution in [0.4, 0.5) is 5.69 Å². The molecule has 8 nitrogen and oxygen atoms in total. The number of nitrogens with one attached hydrogen (secondary N) is 1. The first kappa shape index (κ1) is 19.4. The number of anilines is 1. The lowest BCUT2D eigenvalue weighted by molar-refractivity contribution is -0.116. The number of para-hydroxylation sites is 1. The van der Waals surface area contributed by atoms with Gasteiger partial charge in [-0.05, 0) is 36.4 Å². The van der Waals surface area contributed by atoms with Gasteiger partial charge in [0, 0.05) is 28.1 Å². The smallest absolute Gasteiger partial charge is 0.264 e. The van der Waals surface area contributed by atoms with Crippen molar-refractivity contribution in [1.29, 1.82) is 0 Å². The summed E-state index contributed by atoms with van der Waals surface area (Å²) in [7, 11) is 0. The Labute approximate surface area is 172 Å². The summed E-state index contributed by atoms with van der Waals surface area (Å²) in [6.45, 7) is 4.01. The number of aromatic nitrogens is 3. The molecule has 4 aromatic rings. The molecule has 0 saturated carbocycles. The van der Waals surface area contributed by atoms with E-state index in [0.717, 1.165) is 10.9 Å². The van der Waals surface area contributed by atoms with E-state index >= 15 is 0 Å².